The van der Waals surface area contributed by atoms with E-state index in [0.29, 0.717) is 0 Å². The number of alkyl halides is 3. The molecule has 0 unspecified atom stereocenters. The number of aliphatic carboxylic acids is 1. The number of aromatic nitrogens is 2. The summed E-state index contributed by atoms with van der Waals surface area (Å²) in [4.78, 5) is 14.5. The number of carbonyl (C=O) groups excluding carboxylic acids is 1. The van der Waals surface area contributed by atoms with Gasteiger partial charge in [-0.15, -0.1) is 0 Å². The fourth-order valence-electron chi connectivity index (χ4n) is 4.06. The number of aryl methyl sites for hydroxylation is 2. The van der Waals surface area contributed by atoms with E-state index in [-0.39, 0.29) is 76.0 Å². The molecule has 12 heteroatoms. The maximum Gasteiger partial charge on any atom is 1.00 e. The first kappa shape index (κ1) is 30.9. The number of carbonyl (C=O) groups is 1. The summed E-state index contributed by atoms with van der Waals surface area (Å²) < 4.78 is 70.8. The smallest absolute Gasteiger partial charge is 0.550 e. The minimum Gasteiger partial charge on any atom is -0.550 e. The Kier molecular flexibility index (Phi) is 10.4. The first-order valence-electron chi connectivity index (χ1n) is 11.0. The molecule has 0 aliphatic heterocycles. The van der Waals surface area contributed by atoms with Crippen molar-refractivity contribution in [1.82, 2.24) is 9.55 Å². The van der Waals surface area contributed by atoms with Crippen LogP contribution in [-0.2, 0) is 17.5 Å². The van der Waals surface area contributed by atoms with Crippen LogP contribution in [-0.4, -0.2) is 37.9 Å². The Morgan fingerprint density at radius 1 is 1.03 bits per heavy atom. The summed E-state index contributed by atoms with van der Waals surface area (Å²) in [5, 5.41) is 30.6. The van der Waals surface area contributed by atoms with Gasteiger partial charge in [0.2, 0.25) is 5.82 Å². The first-order valence-corrected chi connectivity index (χ1v) is 11.0. The number of carboxylic acids is 1. The summed E-state index contributed by atoms with van der Waals surface area (Å²) >= 11 is 0. The molecule has 2 atom stereocenters. The zero-order chi connectivity index (χ0) is 26.8. The minimum atomic E-state index is -4.91. The van der Waals surface area contributed by atoms with E-state index in [1.54, 1.807) is 0 Å². The molecule has 3 rings (SSSR count). The van der Waals surface area contributed by atoms with Gasteiger partial charge in [0.15, 0.2) is 0 Å². The number of halogens is 5. The topological polar surface area (TPSA) is 98.4 Å². The van der Waals surface area contributed by atoms with Crippen LogP contribution in [0.25, 0.3) is 22.5 Å². The van der Waals surface area contributed by atoms with Crippen molar-refractivity contribution >= 4 is 5.97 Å². The van der Waals surface area contributed by atoms with Crippen molar-refractivity contribution in [3.8, 4) is 22.5 Å². The second-order valence-electron chi connectivity index (χ2n) is 8.62. The second kappa shape index (κ2) is 12.5. The summed E-state index contributed by atoms with van der Waals surface area (Å²) in [7, 11) is 0. The average molecular weight is 534 g/mol. The third-order valence-corrected chi connectivity index (χ3v) is 5.68. The summed E-state index contributed by atoms with van der Waals surface area (Å²) in [5.41, 5.74) is 0.716. The van der Waals surface area contributed by atoms with Crippen LogP contribution >= 0.6 is 0 Å². The molecule has 0 radical (unpaired) electrons. The third kappa shape index (κ3) is 7.61. The molecule has 0 aliphatic carbocycles. The Hall–Kier alpha value is -2.31. The van der Waals surface area contributed by atoms with E-state index in [1.807, 2.05) is 0 Å². The average Bonchev–Trinajstić information content (AvgIpc) is 3.15. The quantitative estimate of drug-likeness (QED) is 0.313. The van der Waals surface area contributed by atoms with Crippen LogP contribution in [0.15, 0.2) is 36.4 Å². The first-order chi connectivity index (χ1) is 16.8. The van der Waals surface area contributed by atoms with E-state index in [9.17, 15) is 42.1 Å². The number of nitrogens with zero attached hydrogens (tertiary/aromatic N) is 2. The van der Waals surface area contributed by atoms with E-state index in [4.69, 9.17) is 0 Å². The number of rotatable bonds is 9. The van der Waals surface area contributed by atoms with Crippen LogP contribution in [0.5, 0.6) is 0 Å². The Morgan fingerprint density at radius 2 is 1.59 bits per heavy atom. The molecule has 0 saturated carbocycles. The fourth-order valence-corrected chi connectivity index (χ4v) is 4.06. The van der Waals surface area contributed by atoms with Gasteiger partial charge in [0.1, 0.15) is 11.6 Å². The number of carboxylic acid groups (broad SMARTS) is 1. The van der Waals surface area contributed by atoms with E-state index < -0.39 is 54.8 Å². The van der Waals surface area contributed by atoms with Crippen molar-refractivity contribution in [2.24, 2.45) is 0 Å². The molecule has 0 spiro atoms. The Balaban J connectivity index is 0.00000481. The number of hydrogen-bond acceptors (Lipinski definition) is 5. The standard InChI is InChI=1S/C25H25F5N2O4.Na/c1-13-9-16(10-14(2)21(13)27)22-23(15-3-5-17(26)6-4-15)32(24(31-22)25(28,29)30)8-7-18(33)11-19(34)12-20(35)36;/h3-6,9-10,18-19,33-34H,7-8,11-12H2,1-2H3,(H,35,36);/q;+1/p-1/t18-,19-;/m1./s1. The molecule has 0 bridgehead atoms. The van der Waals surface area contributed by atoms with Crippen molar-refractivity contribution in [2.75, 3.05) is 0 Å². The molecule has 3 aromatic rings. The number of aliphatic hydroxyl groups is 2. The monoisotopic (exact) mass is 534 g/mol. The largest absolute Gasteiger partial charge is 1.00 e. The summed E-state index contributed by atoms with van der Waals surface area (Å²) in [6, 6.07) is 7.47. The number of aliphatic hydroxyl groups excluding tert-OH is 2. The summed E-state index contributed by atoms with van der Waals surface area (Å²) in [6.45, 7) is 2.53. The zero-order valence-electron chi connectivity index (χ0n) is 20.4. The molecule has 1 aromatic heterocycles. The predicted molar refractivity (Wildman–Crippen MR) is 118 cm³/mol. The van der Waals surface area contributed by atoms with Gasteiger partial charge in [-0.2, -0.15) is 13.2 Å². The second-order valence-corrected chi connectivity index (χ2v) is 8.62. The van der Waals surface area contributed by atoms with Crippen LogP contribution in [0.4, 0.5) is 22.0 Å². The maximum atomic E-state index is 14.2. The number of imidazole rings is 1. The van der Waals surface area contributed by atoms with Crippen molar-refractivity contribution in [3.63, 3.8) is 0 Å². The van der Waals surface area contributed by atoms with Gasteiger partial charge in [0, 0.05) is 30.1 Å². The normalized spacial score (nSPS) is 13.2. The van der Waals surface area contributed by atoms with Crippen molar-refractivity contribution in [3.05, 3.63) is 65.0 Å². The summed E-state index contributed by atoms with van der Waals surface area (Å²) in [6.07, 6.45) is -9.08. The van der Waals surface area contributed by atoms with E-state index in [1.165, 1.54) is 38.1 Å². The van der Waals surface area contributed by atoms with E-state index in [2.05, 4.69) is 4.98 Å². The predicted octanol–water partition coefficient (Wildman–Crippen LogP) is 0.777. The van der Waals surface area contributed by atoms with Gasteiger partial charge < -0.3 is 24.7 Å². The fraction of sp³-hybridized carbons (Fsp3) is 0.360. The van der Waals surface area contributed by atoms with Crippen molar-refractivity contribution in [1.29, 1.82) is 0 Å². The van der Waals surface area contributed by atoms with Gasteiger partial charge in [0.25, 0.3) is 0 Å². The molecule has 0 saturated heterocycles. The Bertz CT molecular complexity index is 1220. The van der Waals surface area contributed by atoms with Gasteiger partial charge in [0.05, 0.1) is 23.6 Å². The van der Waals surface area contributed by atoms with Gasteiger partial charge in [-0.05, 0) is 74.2 Å². The molecule has 2 aromatic carbocycles. The van der Waals surface area contributed by atoms with E-state index in [0.717, 1.165) is 16.7 Å². The SMILES string of the molecule is Cc1cc(-c2nc(C(F)(F)F)n(CC[C@@H](O)C[C@@H](O)CC(=O)[O-])c2-c2ccc(F)cc2)cc(C)c1F.[Na+]. The van der Waals surface area contributed by atoms with Crippen LogP contribution in [0.3, 0.4) is 0 Å². The van der Waals surface area contributed by atoms with Gasteiger partial charge >= 0.3 is 35.7 Å². The van der Waals surface area contributed by atoms with Crippen molar-refractivity contribution < 1.29 is 71.6 Å². The molecule has 0 fully saturated rings. The molecule has 2 N–H and O–H groups in total. The molecule has 1 heterocycles. The molecule has 6 nitrogen and oxygen atoms in total. The summed E-state index contributed by atoms with van der Waals surface area (Å²) in [5.74, 6) is -3.92. The van der Waals surface area contributed by atoms with Crippen LogP contribution in [0.1, 0.15) is 36.2 Å². The molecular formula is C25H24F5N2NaO4. The van der Waals surface area contributed by atoms with Crippen LogP contribution < -0.4 is 34.7 Å². The van der Waals surface area contributed by atoms with Crippen LogP contribution in [0, 0.1) is 25.5 Å². The zero-order valence-corrected chi connectivity index (χ0v) is 22.4. The third-order valence-electron chi connectivity index (χ3n) is 5.68. The minimum absolute atomic E-state index is 0. The molecule has 194 valence electrons. The maximum absolute atomic E-state index is 14.2. The van der Waals surface area contributed by atoms with E-state index >= 15 is 0 Å². The van der Waals surface area contributed by atoms with Crippen molar-refractivity contribution in [2.45, 2.75) is 58.0 Å². The molecular weight excluding hydrogens is 510 g/mol. The molecule has 0 aliphatic rings. The Labute approximate surface area is 232 Å². The van der Waals surface area contributed by atoms with Crippen LogP contribution in [0.2, 0.25) is 0 Å². The number of hydrogen-bond donors (Lipinski definition) is 2. The molecule has 0 amide bonds. The van der Waals surface area contributed by atoms with Gasteiger partial charge in [-0.25, -0.2) is 13.8 Å². The van der Waals surface area contributed by atoms with Gasteiger partial charge in [-0.3, -0.25) is 0 Å². The molecule has 37 heavy (non-hydrogen) atoms. The Morgan fingerprint density at radius 3 is 2.11 bits per heavy atom. The number of benzene rings is 2. The van der Waals surface area contributed by atoms with Gasteiger partial charge in [-0.1, -0.05) is 0 Å².